The van der Waals surface area contributed by atoms with Crippen molar-refractivity contribution >= 4 is 37.0 Å². The van der Waals surface area contributed by atoms with Crippen LogP contribution < -0.4 is 0 Å². The molecule has 0 heterocycles. The molecule has 0 fully saturated rings. The van der Waals surface area contributed by atoms with Gasteiger partial charge >= 0.3 is 14.4 Å². The first kappa shape index (κ1) is 21.9. The Morgan fingerprint density at radius 1 is 1.11 bits per heavy atom. The van der Waals surface area contributed by atoms with Gasteiger partial charge in [-0.15, -0.1) is 11.8 Å². The molecule has 0 aliphatic heterocycles. The van der Waals surface area contributed by atoms with Crippen LogP contribution in [0.1, 0.15) is 33.6 Å². The van der Waals surface area contributed by atoms with Gasteiger partial charge in [0.25, 0.3) is 5.34 Å². The standard InChI is InChI=1S/C21H27O4PS/c1-4-10-18(20(22)24-5-2)21(26-23,25-6-3)15-27-19-14-9-12-16-11-7-8-13-17(16)19/h7-9,11-14,18H,4-6,10,15H2,1-3H3/p+1. The third-order valence-electron chi connectivity index (χ3n) is 4.48. The third kappa shape index (κ3) is 5.31. The second-order valence-electron chi connectivity index (χ2n) is 6.28. The van der Waals surface area contributed by atoms with Crippen LogP contribution in [0, 0.1) is 5.92 Å². The summed E-state index contributed by atoms with van der Waals surface area (Å²) in [7, 11) is -0.752. The number of hydrogen-bond donors (Lipinski definition) is 0. The normalized spacial score (nSPS) is 14.8. The Labute approximate surface area is 167 Å². The van der Waals surface area contributed by atoms with E-state index in [0.717, 1.165) is 22.1 Å². The van der Waals surface area contributed by atoms with E-state index in [1.54, 1.807) is 18.7 Å². The minimum atomic E-state index is -1.04. The largest absolute Gasteiger partial charge is 0.466 e. The van der Waals surface area contributed by atoms with Crippen LogP contribution in [0.4, 0.5) is 0 Å². The van der Waals surface area contributed by atoms with E-state index in [0.29, 0.717) is 25.4 Å². The van der Waals surface area contributed by atoms with Gasteiger partial charge < -0.3 is 9.47 Å². The average molecular weight is 407 g/mol. The molecule has 4 nitrogen and oxygen atoms in total. The minimum absolute atomic E-state index is 0.305. The summed E-state index contributed by atoms with van der Waals surface area (Å²) in [5.74, 6) is -0.435. The van der Waals surface area contributed by atoms with Gasteiger partial charge in [-0.3, -0.25) is 4.79 Å². The van der Waals surface area contributed by atoms with Crippen molar-refractivity contribution in [3.63, 3.8) is 0 Å². The SMILES string of the molecule is CCCC(C(=O)OCC)C(CSc1cccc2ccccc12)(OCC)[PH+]=O. The van der Waals surface area contributed by atoms with E-state index in [1.807, 2.05) is 32.0 Å². The minimum Gasteiger partial charge on any atom is -0.466 e. The fourth-order valence-corrected chi connectivity index (χ4v) is 5.44. The summed E-state index contributed by atoms with van der Waals surface area (Å²) in [5, 5.41) is 1.26. The van der Waals surface area contributed by atoms with Crippen molar-refractivity contribution in [3.8, 4) is 0 Å². The van der Waals surface area contributed by atoms with Crippen molar-refractivity contribution in [3.05, 3.63) is 42.5 Å². The Balaban J connectivity index is 2.33. The molecule has 2 aromatic carbocycles. The molecule has 2 rings (SSSR count). The Morgan fingerprint density at radius 2 is 1.85 bits per heavy atom. The molecule has 0 saturated carbocycles. The van der Waals surface area contributed by atoms with Gasteiger partial charge in [-0.1, -0.05) is 54.3 Å². The quantitative estimate of drug-likeness (QED) is 0.273. The molecular formula is C21H28O4PS+. The van der Waals surface area contributed by atoms with Crippen molar-refractivity contribution in [2.45, 2.75) is 43.9 Å². The first-order valence-corrected chi connectivity index (χ1v) is 11.3. The van der Waals surface area contributed by atoms with Gasteiger partial charge in [0.1, 0.15) is 5.92 Å². The fraction of sp³-hybridized carbons (Fsp3) is 0.476. The molecule has 0 N–H and O–H groups in total. The van der Waals surface area contributed by atoms with Crippen molar-refractivity contribution < 1.29 is 18.8 Å². The van der Waals surface area contributed by atoms with Gasteiger partial charge in [0.05, 0.1) is 12.4 Å². The smallest absolute Gasteiger partial charge is 0.361 e. The first-order valence-electron chi connectivity index (χ1n) is 9.42. The second kappa shape index (κ2) is 10.8. The number of hydrogen-bond acceptors (Lipinski definition) is 5. The van der Waals surface area contributed by atoms with Gasteiger partial charge in [-0.05, 0) is 37.1 Å². The molecule has 2 aromatic rings. The highest BCUT2D eigenvalue weighted by atomic mass is 32.2. The van der Waals surface area contributed by atoms with Crippen molar-refractivity contribution in [1.82, 2.24) is 0 Å². The van der Waals surface area contributed by atoms with E-state index in [-0.39, 0.29) is 5.97 Å². The zero-order valence-electron chi connectivity index (χ0n) is 16.2. The van der Waals surface area contributed by atoms with Crippen LogP contribution >= 0.6 is 20.2 Å². The average Bonchev–Trinajstić information content (AvgIpc) is 2.69. The van der Waals surface area contributed by atoms with E-state index in [1.165, 1.54) is 0 Å². The number of carbonyl (C=O) groups is 1. The summed E-state index contributed by atoms with van der Waals surface area (Å²) >= 11 is 1.59. The molecule has 27 heavy (non-hydrogen) atoms. The maximum atomic E-state index is 12.6. The summed E-state index contributed by atoms with van der Waals surface area (Å²) in [4.78, 5) is 13.7. The lowest BCUT2D eigenvalue weighted by Gasteiger charge is -2.28. The Morgan fingerprint density at radius 3 is 2.52 bits per heavy atom. The molecule has 3 unspecified atom stereocenters. The first-order chi connectivity index (χ1) is 13.1. The summed E-state index contributed by atoms with van der Waals surface area (Å²) in [6, 6.07) is 14.3. The van der Waals surface area contributed by atoms with Crippen molar-refractivity contribution in [2.75, 3.05) is 19.0 Å². The van der Waals surface area contributed by atoms with Crippen LogP contribution in [-0.2, 0) is 18.8 Å². The third-order valence-corrected chi connectivity index (χ3v) is 6.99. The predicted octanol–water partition coefficient (Wildman–Crippen LogP) is 5.67. The maximum Gasteiger partial charge on any atom is 0.361 e. The van der Waals surface area contributed by atoms with Crippen LogP contribution in [0.15, 0.2) is 47.4 Å². The van der Waals surface area contributed by atoms with Crippen molar-refractivity contribution in [2.24, 2.45) is 5.92 Å². The Kier molecular flexibility index (Phi) is 8.75. The topological polar surface area (TPSA) is 52.6 Å². The maximum absolute atomic E-state index is 12.6. The zero-order chi connectivity index (χ0) is 19.7. The second-order valence-corrected chi connectivity index (χ2v) is 8.35. The zero-order valence-corrected chi connectivity index (χ0v) is 18.0. The molecular weight excluding hydrogens is 379 g/mol. The van der Waals surface area contributed by atoms with E-state index >= 15 is 0 Å². The highest BCUT2D eigenvalue weighted by Gasteiger charge is 2.52. The van der Waals surface area contributed by atoms with E-state index in [9.17, 15) is 9.36 Å². The van der Waals surface area contributed by atoms with Crippen LogP contribution in [-0.4, -0.2) is 30.3 Å². The molecule has 0 aliphatic carbocycles. The number of ether oxygens (including phenoxy) is 2. The van der Waals surface area contributed by atoms with Crippen LogP contribution in [0.2, 0.25) is 0 Å². The predicted molar refractivity (Wildman–Crippen MR) is 113 cm³/mol. The number of esters is 1. The molecule has 0 saturated heterocycles. The lowest BCUT2D eigenvalue weighted by Crippen LogP contribution is -2.43. The number of fused-ring (bicyclic) bond motifs is 1. The molecule has 0 aliphatic rings. The highest BCUT2D eigenvalue weighted by molar-refractivity contribution is 7.99. The molecule has 0 amide bonds. The fourth-order valence-electron chi connectivity index (χ4n) is 3.21. The van der Waals surface area contributed by atoms with Gasteiger partial charge in [-0.2, -0.15) is 0 Å². The van der Waals surface area contributed by atoms with Gasteiger partial charge in [-0.25, -0.2) is 0 Å². The summed E-state index contributed by atoms with van der Waals surface area (Å²) in [5.41, 5.74) is 0. The number of carbonyl (C=O) groups excluding carboxylic acids is 1. The molecule has 0 bridgehead atoms. The van der Waals surface area contributed by atoms with E-state index in [2.05, 4.69) is 24.3 Å². The summed E-state index contributed by atoms with van der Waals surface area (Å²) in [6.45, 7) is 6.36. The molecule has 146 valence electrons. The molecule has 0 aromatic heterocycles. The van der Waals surface area contributed by atoms with Gasteiger partial charge in [0.15, 0.2) is 0 Å². The Hall–Kier alpha value is -1.42. The lowest BCUT2D eigenvalue weighted by atomic mass is 9.97. The lowest BCUT2D eigenvalue weighted by molar-refractivity contribution is -0.155. The molecule has 0 spiro atoms. The van der Waals surface area contributed by atoms with E-state index < -0.39 is 19.7 Å². The van der Waals surface area contributed by atoms with Crippen LogP contribution in [0.5, 0.6) is 0 Å². The van der Waals surface area contributed by atoms with Crippen molar-refractivity contribution in [1.29, 1.82) is 0 Å². The highest BCUT2D eigenvalue weighted by Crippen LogP contribution is 2.42. The van der Waals surface area contributed by atoms with Gasteiger partial charge in [0.2, 0.25) is 0 Å². The number of thioether (sulfide) groups is 1. The molecule has 3 atom stereocenters. The molecule has 0 radical (unpaired) electrons. The van der Waals surface area contributed by atoms with Gasteiger partial charge in [0, 0.05) is 11.5 Å². The number of rotatable bonds is 11. The summed E-state index contributed by atoms with van der Waals surface area (Å²) in [6.07, 6.45) is 1.38. The van der Waals surface area contributed by atoms with E-state index in [4.69, 9.17) is 9.47 Å². The molecule has 6 heteroatoms. The van der Waals surface area contributed by atoms with Crippen LogP contribution in [0.25, 0.3) is 10.8 Å². The Bertz CT molecular complexity index is 761. The summed E-state index contributed by atoms with van der Waals surface area (Å²) < 4.78 is 23.6. The number of benzene rings is 2. The monoisotopic (exact) mass is 407 g/mol. The van der Waals surface area contributed by atoms with Crippen LogP contribution in [0.3, 0.4) is 0 Å².